The molecule has 8 heteroatoms. The smallest absolute Gasteiger partial charge is 0.254 e. The molecule has 0 unspecified atom stereocenters. The summed E-state index contributed by atoms with van der Waals surface area (Å²) < 4.78 is 12.2. The number of hydrogen-bond donors (Lipinski definition) is 1. The van der Waals surface area contributed by atoms with E-state index in [0.29, 0.717) is 17.1 Å². The number of methoxy groups -OCH3 is 2. The summed E-state index contributed by atoms with van der Waals surface area (Å²) in [7, 11) is 3.16. The summed E-state index contributed by atoms with van der Waals surface area (Å²) in [5, 5.41) is 7.70. The van der Waals surface area contributed by atoms with Crippen LogP contribution in [-0.2, 0) is 10.2 Å². The number of nitrogens with one attached hydrogen (secondary N) is 1. The van der Waals surface area contributed by atoms with Gasteiger partial charge < -0.3 is 19.7 Å². The second-order valence-corrected chi connectivity index (χ2v) is 9.58. The minimum absolute atomic E-state index is 0.105. The highest BCUT2D eigenvalue weighted by Gasteiger charge is 2.25. The van der Waals surface area contributed by atoms with Gasteiger partial charge in [-0.05, 0) is 56.3 Å². The van der Waals surface area contributed by atoms with E-state index in [1.165, 1.54) is 4.90 Å². The molecular weight excluding hydrogens is 444 g/mol. The molecule has 1 aromatic heterocycles. The highest BCUT2D eigenvalue weighted by atomic mass is 16.5. The van der Waals surface area contributed by atoms with Gasteiger partial charge in [-0.2, -0.15) is 5.10 Å². The van der Waals surface area contributed by atoms with Crippen molar-refractivity contribution < 1.29 is 19.1 Å². The van der Waals surface area contributed by atoms with E-state index >= 15 is 0 Å². The van der Waals surface area contributed by atoms with Crippen molar-refractivity contribution in [2.45, 2.75) is 46.1 Å². The molecule has 0 atom stereocenters. The average molecular weight is 479 g/mol. The quantitative estimate of drug-likeness (QED) is 0.508. The monoisotopic (exact) mass is 478 g/mol. The third-order valence-corrected chi connectivity index (χ3v) is 5.58. The van der Waals surface area contributed by atoms with Crippen LogP contribution in [0.4, 0.5) is 5.82 Å². The molecule has 2 aromatic carbocycles. The molecule has 8 nitrogen and oxygen atoms in total. The molecule has 35 heavy (non-hydrogen) atoms. The zero-order chi connectivity index (χ0) is 25.8. The second-order valence-electron chi connectivity index (χ2n) is 9.58. The molecule has 1 heterocycles. The van der Waals surface area contributed by atoms with Gasteiger partial charge in [0.15, 0.2) is 0 Å². The molecule has 1 N–H and O–H groups in total. The first-order chi connectivity index (χ1) is 16.5. The molecule has 0 radical (unpaired) electrons. The van der Waals surface area contributed by atoms with Gasteiger partial charge in [0.25, 0.3) is 5.91 Å². The number of nitrogens with zero attached hydrogens (tertiary/aromatic N) is 3. The summed E-state index contributed by atoms with van der Waals surface area (Å²) in [5.41, 5.74) is 1.86. The van der Waals surface area contributed by atoms with Crippen molar-refractivity contribution in [2.75, 3.05) is 26.1 Å². The molecule has 0 spiro atoms. The van der Waals surface area contributed by atoms with Crippen LogP contribution in [0.25, 0.3) is 5.69 Å². The Bertz CT molecular complexity index is 1180. The Kier molecular flexibility index (Phi) is 7.84. The Hall–Kier alpha value is -3.81. The zero-order valence-corrected chi connectivity index (χ0v) is 21.5. The largest absolute Gasteiger partial charge is 0.497 e. The maximum atomic E-state index is 13.2. The van der Waals surface area contributed by atoms with Crippen LogP contribution in [0.2, 0.25) is 0 Å². The summed E-state index contributed by atoms with van der Waals surface area (Å²) >= 11 is 0. The lowest BCUT2D eigenvalue weighted by atomic mass is 9.92. The predicted octanol–water partition coefficient (Wildman–Crippen LogP) is 4.68. The number of carbonyl (C=O) groups excluding carboxylic acids is 2. The van der Waals surface area contributed by atoms with Gasteiger partial charge in [0, 0.05) is 23.1 Å². The number of anilines is 1. The van der Waals surface area contributed by atoms with Crippen LogP contribution in [0.15, 0.2) is 54.6 Å². The molecule has 3 aromatic rings. The molecule has 2 amide bonds. The van der Waals surface area contributed by atoms with E-state index in [2.05, 4.69) is 26.1 Å². The summed E-state index contributed by atoms with van der Waals surface area (Å²) in [6.45, 7) is 9.84. The second kappa shape index (κ2) is 10.6. The minimum atomic E-state index is -0.315. The van der Waals surface area contributed by atoms with Crippen LogP contribution in [0.5, 0.6) is 11.5 Å². The highest BCUT2D eigenvalue weighted by Crippen LogP contribution is 2.27. The normalized spacial score (nSPS) is 11.3. The third-order valence-electron chi connectivity index (χ3n) is 5.58. The molecule has 0 fully saturated rings. The van der Waals surface area contributed by atoms with Crippen molar-refractivity contribution in [1.82, 2.24) is 14.7 Å². The Labute approximate surface area is 206 Å². The molecule has 0 aliphatic rings. The predicted molar refractivity (Wildman–Crippen MR) is 137 cm³/mol. The van der Waals surface area contributed by atoms with Crippen LogP contribution in [-0.4, -0.2) is 53.3 Å². The van der Waals surface area contributed by atoms with E-state index in [1.807, 2.05) is 44.2 Å². The van der Waals surface area contributed by atoms with Crippen LogP contribution >= 0.6 is 0 Å². The van der Waals surface area contributed by atoms with Crippen molar-refractivity contribution in [1.29, 1.82) is 0 Å². The molecule has 0 saturated heterocycles. The van der Waals surface area contributed by atoms with Crippen molar-refractivity contribution in [2.24, 2.45) is 0 Å². The van der Waals surface area contributed by atoms with Gasteiger partial charge in [0.1, 0.15) is 23.9 Å². The van der Waals surface area contributed by atoms with Gasteiger partial charge in [-0.3, -0.25) is 9.59 Å². The number of rotatable bonds is 8. The highest BCUT2D eigenvalue weighted by molar-refractivity contribution is 5.99. The molecule has 3 rings (SSSR count). The SMILES string of the molecule is COc1ccc(-n2nc(C(C)(C)C)cc2NC(=O)CN(C(=O)c2cccc(OC)c2)C(C)C)cc1. The standard InChI is InChI=1S/C27H34N4O4/c1-18(2)30(26(33)19-9-8-10-22(15-19)35-7)17-25(32)28-24-16-23(27(3,4)5)29-31(24)20-11-13-21(34-6)14-12-20/h8-16,18H,17H2,1-7H3,(H,28,32). The molecule has 0 aliphatic heterocycles. The van der Waals surface area contributed by atoms with Crippen molar-refractivity contribution >= 4 is 17.6 Å². The Morgan fingerprint density at radius 2 is 1.66 bits per heavy atom. The van der Waals surface area contributed by atoms with E-state index in [0.717, 1.165) is 17.1 Å². The number of aromatic nitrogens is 2. The summed E-state index contributed by atoms with van der Waals surface area (Å²) in [5.74, 6) is 1.29. The fraction of sp³-hybridized carbons (Fsp3) is 0.370. The summed E-state index contributed by atoms with van der Waals surface area (Å²) in [6.07, 6.45) is 0. The number of ether oxygens (including phenoxy) is 2. The lowest BCUT2D eigenvalue weighted by molar-refractivity contribution is -0.117. The first-order valence-electron chi connectivity index (χ1n) is 11.5. The Morgan fingerprint density at radius 3 is 2.23 bits per heavy atom. The van der Waals surface area contributed by atoms with Gasteiger partial charge in [0.05, 0.1) is 25.6 Å². The third kappa shape index (κ3) is 6.20. The van der Waals surface area contributed by atoms with Gasteiger partial charge in [-0.25, -0.2) is 4.68 Å². The van der Waals surface area contributed by atoms with Gasteiger partial charge in [-0.1, -0.05) is 26.8 Å². The number of hydrogen-bond acceptors (Lipinski definition) is 5. The van der Waals surface area contributed by atoms with E-state index in [4.69, 9.17) is 14.6 Å². The van der Waals surface area contributed by atoms with E-state index in [9.17, 15) is 9.59 Å². The van der Waals surface area contributed by atoms with Gasteiger partial charge in [0.2, 0.25) is 5.91 Å². The number of amides is 2. The van der Waals surface area contributed by atoms with Gasteiger partial charge in [-0.15, -0.1) is 0 Å². The van der Waals surface area contributed by atoms with Crippen LogP contribution < -0.4 is 14.8 Å². The van der Waals surface area contributed by atoms with E-state index in [1.54, 1.807) is 43.2 Å². The van der Waals surface area contributed by atoms with Crippen molar-refractivity contribution in [3.05, 3.63) is 65.9 Å². The lowest BCUT2D eigenvalue weighted by Gasteiger charge is -2.26. The zero-order valence-electron chi connectivity index (χ0n) is 21.5. The first-order valence-corrected chi connectivity index (χ1v) is 11.5. The average Bonchev–Trinajstić information content (AvgIpc) is 3.26. The van der Waals surface area contributed by atoms with E-state index < -0.39 is 0 Å². The fourth-order valence-corrected chi connectivity index (χ4v) is 3.50. The van der Waals surface area contributed by atoms with Crippen LogP contribution in [0.1, 0.15) is 50.7 Å². The molecule has 0 aliphatic carbocycles. The summed E-state index contributed by atoms with van der Waals surface area (Å²) in [6, 6.07) is 16.0. The van der Waals surface area contributed by atoms with Gasteiger partial charge >= 0.3 is 0 Å². The van der Waals surface area contributed by atoms with Crippen LogP contribution in [0.3, 0.4) is 0 Å². The molecule has 0 saturated carbocycles. The van der Waals surface area contributed by atoms with Crippen LogP contribution in [0, 0.1) is 0 Å². The minimum Gasteiger partial charge on any atom is -0.497 e. The fourth-order valence-electron chi connectivity index (χ4n) is 3.50. The van der Waals surface area contributed by atoms with Crippen molar-refractivity contribution in [3.63, 3.8) is 0 Å². The Balaban J connectivity index is 1.86. The molecular formula is C27H34N4O4. The van der Waals surface area contributed by atoms with E-state index in [-0.39, 0.29) is 29.8 Å². The topological polar surface area (TPSA) is 85.7 Å². The summed E-state index contributed by atoms with van der Waals surface area (Å²) in [4.78, 5) is 27.9. The number of benzene rings is 2. The Morgan fingerprint density at radius 1 is 1.00 bits per heavy atom. The number of carbonyl (C=O) groups is 2. The lowest BCUT2D eigenvalue weighted by Crippen LogP contribution is -2.42. The maximum Gasteiger partial charge on any atom is 0.254 e. The maximum absolute atomic E-state index is 13.2. The molecule has 186 valence electrons. The molecule has 0 bridgehead atoms. The first kappa shape index (κ1) is 25.8. The van der Waals surface area contributed by atoms with Crippen molar-refractivity contribution in [3.8, 4) is 17.2 Å².